The average Bonchev–Trinajstić information content (AvgIpc) is 3.19. The number of carbonyl (C=O) groups excluding carboxylic acids is 1. The summed E-state index contributed by atoms with van der Waals surface area (Å²) in [5.74, 6) is 0.464. The molecule has 10 heteroatoms. The third-order valence-corrected chi connectivity index (χ3v) is 4.55. The van der Waals surface area contributed by atoms with Crippen LogP contribution in [0.15, 0.2) is 36.5 Å². The minimum atomic E-state index is -1.03. The number of nitrogens with zero attached hydrogens (tertiary/aromatic N) is 2. The summed E-state index contributed by atoms with van der Waals surface area (Å²) in [4.78, 5) is 26.2. The van der Waals surface area contributed by atoms with Gasteiger partial charge in [-0.1, -0.05) is 0 Å². The highest BCUT2D eigenvalue weighted by Gasteiger charge is 2.22. The zero-order valence-corrected chi connectivity index (χ0v) is 16.4. The fraction of sp³-hybridized carbons (Fsp3) is 0.200. The zero-order chi connectivity index (χ0) is 21.8. The van der Waals surface area contributed by atoms with Gasteiger partial charge in [-0.25, -0.2) is 0 Å². The highest BCUT2D eigenvalue weighted by Crippen LogP contribution is 2.39. The number of hydrogen-bond donors (Lipinski definition) is 2. The van der Waals surface area contributed by atoms with E-state index in [1.807, 2.05) is 6.07 Å². The normalized spacial score (nSPS) is 11.4. The van der Waals surface area contributed by atoms with Crippen LogP contribution in [0.1, 0.15) is 22.0 Å². The molecule has 1 aromatic heterocycles. The Balaban J connectivity index is 1.96. The number of aromatic amines is 1. The maximum absolute atomic E-state index is 12.8. The largest absolute Gasteiger partial charge is 0.493 e. The second-order valence-electron chi connectivity index (χ2n) is 6.18. The van der Waals surface area contributed by atoms with E-state index in [9.17, 15) is 20.2 Å². The summed E-state index contributed by atoms with van der Waals surface area (Å²) in [7, 11) is 4.35. The van der Waals surface area contributed by atoms with Crippen molar-refractivity contribution in [3.8, 4) is 23.3 Å². The molecule has 1 unspecified atom stereocenters. The summed E-state index contributed by atoms with van der Waals surface area (Å²) in [6.07, 6.45) is 1.44. The van der Waals surface area contributed by atoms with Crippen LogP contribution in [0.2, 0.25) is 0 Å². The number of nitro groups is 1. The van der Waals surface area contributed by atoms with Crippen LogP contribution >= 0.6 is 0 Å². The van der Waals surface area contributed by atoms with Crippen LogP contribution in [0.5, 0.6) is 17.2 Å². The van der Waals surface area contributed by atoms with Crippen molar-refractivity contribution in [2.24, 2.45) is 0 Å². The first kappa shape index (κ1) is 20.5. The lowest BCUT2D eigenvalue weighted by atomic mass is 10.1. The molecule has 0 radical (unpaired) electrons. The highest BCUT2D eigenvalue weighted by atomic mass is 16.6. The van der Waals surface area contributed by atoms with E-state index in [1.54, 1.807) is 12.1 Å². The van der Waals surface area contributed by atoms with Gasteiger partial charge >= 0.3 is 0 Å². The Morgan fingerprint density at radius 1 is 1.17 bits per heavy atom. The van der Waals surface area contributed by atoms with Crippen LogP contribution in [0, 0.1) is 21.4 Å². The van der Waals surface area contributed by atoms with Crippen molar-refractivity contribution in [3.63, 3.8) is 0 Å². The molecule has 2 N–H and O–H groups in total. The minimum absolute atomic E-state index is 0.141. The monoisotopic (exact) mass is 410 g/mol. The van der Waals surface area contributed by atoms with E-state index in [0.29, 0.717) is 33.7 Å². The van der Waals surface area contributed by atoms with Gasteiger partial charge in [0.1, 0.15) is 6.04 Å². The molecule has 0 aliphatic carbocycles. The minimum Gasteiger partial charge on any atom is -0.493 e. The van der Waals surface area contributed by atoms with Crippen molar-refractivity contribution in [2.75, 3.05) is 21.3 Å². The number of rotatable bonds is 7. The second-order valence-corrected chi connectivity index (χ2v) is 6.18. The Morgan fingerprint density at radius 2 is 1.83 bits per heavy atom. The molecule has 1 heterocycles. The molecule has 0 aliphatic rings. The van der Waals surface area contributed by atoms with Gasteiger partial charge in [0.15, 0.2) is 11.5 Å². The van der Waals surface area contributed by atoms with Gasteiger partial charge in [-0.15, -0.1) is 0 Å². The molecule has 1 atom stereocenters. The number of aromatic nitrogens is 1. The lowest BCUT2D eigenvalue weighted by Crippen LogP contribution is -2.27. The third kappa shape index (κ3) is 3.68. The van der Waals surface area contributed by atoms with Crippen LogP contribution in [0.3, 0.4) is 0 Å². The molecule has 0 aliphatic heterocycles. The molecule has 0 bridgehead atoms. The van der Waals surface area contributed by atoms with Gasteiger partial charge in [-0.05, 0) is 23.8 Å². The first-order valence-electron chi connectivity index (χ1n) is 8.69. The van der Waals surface area contributed by atoms with Gasteiger partial charge in [-0.2, -0.15) is 5.26 Å². The summed E-state index contributed by atoms with van der Waals surface area (Å²) in [5, 5.41) is 23.7. The van der Waals surface area contributed by atoms with Crippen molar-refractivity contribution in [1.82, 2.24) is 10.3 Å². The Hall–Kier alpha value is -4.26. The number of nitriles is 1. The third-order valence-electron chi connectivity index (χ3n) is 4.55. The van der Waals surface area contributed by atoms with E-state index in [0.717, 1.165) is 0 Å². The molecule has 0 saturated carbocycles. The van der Waals surface area contributed by atoms with Crippen molar-refractivity contribution in [3.05, 3.63) is 57.8 Å². The van der Waals surface area contributed by atoms with Gasteiger partial charge in [0.2, 0.25) is 5.75 Å². The lowest BCUT2D eigenvalue weighted by Gasteiger charge is -2.17. The smallest absolute Gasteiger partial charge is 0.270 e. The fourth-order valence-corrected chi connectivity index (χ4v) is 3.08. The molecule has 1 amide bonds. The van der Waals surface area contributed by atoms with Gasteiger partial charge in [-0.3, -0.25) is 14.9 Å². The number of carbonyl (C=O) groups is 1. The fourth-order valence-electron chi connectivity index (χ4n) is 3.08. The van der Waals surface area contributed by atoms with Gasteiger partial charge in [0, 0.05) is 29.2 Å². The molecule has 0 saturated heterocycles. The summed E-state index contributed by atoms with van der Waals surface area (Å²) in [6.45, 7) is 0. The van der Waals surface area contributed by atoms with Crippen molar-refractivity contribution in [2.45, 2.75) is 6.04 Å². The van der Waals surface area contributed by atoms with Crippen molar-refractivity contribution in [1.29, 1.82) is 5.26 Å². The molecule has 2 aromatic carbocycles. The Labute approximate surface area is 171 Å². The molecular formula is C20H18N4O6. The van der Waals surface area contributed by atoms with E-state index in [1.165, 1.54) is 45.7 Å². The van der Waals surface area contributed by atoms with Crippen molar-refractivity contribution < 1.29 is 23.9 Å². The van der Waals surface area contributed by atoms with Crippen LogP contribution in [0.25, 0.3) is 10.9 Å². The maximum Gasteiger partial charge on any atom is 0.270 e. The average molecular weight is 410 g/mol. The molecule has 30 heavy (non-hydrogen) atoms. The number of ether oxygens (including phenoxy) is 3. The summed E-state index contributed by atoms with van der Waals surface area (Å²) in [6, 6.07) is 8.29. The summed E-state index contributed by atoms with van der Waals surface area (Å²) in [5.41, 5.74) is 1.03. The van der Waals surface area contributed by atoms with Crippen LogP contribution in [-0.2, 0) is 0 Å². The predicted molar refractivity (Wildman–Crippen MR) is 107 cm³/mol. The van der Waals surface area contributed by atoms with Crippen LogP contribution in [-0.4, -0.2) is 37.1 Å². The topological polar surface area (TPSA) is 140 Å². The number of benzene rings is 2. The second kappa shape index (κ2) is 8.40. The number of fused-ring (bicyclic) bond motifs is 1. The first-order valence-corrected chi connectivity index (χ1v) is 8.69. The Kier molecular flexibility index (Phi) is 5.73. The number of non-ortho nitro benzene ring substituents is 1. The lowest BCUT2D eigenvalue weighted by molar-refractivity contribution is -0.384. The summed E-state index contributed by atoms with van der Waals surface area (Å²) >= 11 is 0. The van der Waals surface area contributed by atoms with Crippen LogP contribution < -0.4 is 19.5 Å². The quantitative estimate of drug-likeness (QED) is 0.450. The molecule has 0 fully saturated rings. The number of amides is 1. The Bertz CT molecular complexity index is 1140. The van der Waals surface area contributed by atoms with E-state index in [2.05, 4.69) is 10.3 Å². The zero-order valence-electron chi connectivity index (χ0n) is 16.4. The van der Waals surface area contributed by atoms with E-state index < -0.39 is 16.9 Å². The molecular weight excluding hydrogens is 392 g/mol. The van der Waals surface area contributed by atoms with E-state index in [-0.39, 0.29) is 11.3 Å². The molecule has 3 rings (SSSR count). The number of H-pyrrole nitrogens is 1. The maximum atomic E-state index is 12.8. The van der Waals surface area contributed by atoms with Gasteiger partial charge in [0.25, 0.3) is 11.6 Å². The number of nitro benzene ring substituents is 1. The SMILES string of the molecule is COc1cc(C(C#N)NC(=O)c2c[nH]c3ccc([N+](=O)[O-])cc23)cc(OC)c1OC. The predicted octanol–water partition coefficient (Wildman–Crippen LogP) is 3.10. The van der Waals surface area contributed by atoms with E-state index >= 15 is 0 Å². The highest BCUT2D eigenvalue weighted by molar-refractivity contribution is 6.07. The first-order chi connectivity index (χ1) is 14.4. The number of nitrogens with one attached hydrogen (secondary N) is 2. The van der Waals surface area contributed by atoms with Gasteiger partial charge in [0.05, 0.1) is 37.9 Å². The molecule has 3 aromatic rings. The number of methoxy groups -OCH3 is 3. The number of hydrogen-bond acceptors (Lipinski definition) is 7. The standard InChI is InChI=1S/C20H18N4O6/c1-28-17-6-11(7-18(29-2)19(17)30-3)16(9-21)23-20(25)14-10-22-15-5-4-12(24(26)27)8-13(14)15/h4-8,10,16,22H,1-3H3,(H,23,25). The van der Waals surface area contributed by atoms with E-state index in [4.69, 9.17) is 14.2 Å². The molecule has 154 valence electrons. The molecule has 0 spiro atoms. The van der Waals surface area contributed by atoms with Gasteiger partial charge < -0.3 is 24.5 Å². The summed E-state index contributed by atoms with van der Waals surface area (Å²) < 4.78 is 15.8. The van der Waals surface area contributed by atoms with Crippen molar-refractivity contribution >= 4 is 22.5 Å². The Morgan fingerprint density at radius 3 is 2.37 bits per heavy atom. The van der Waals surface area contributed by atoms with Crippen LogP contribution in [0.4, 0.5) is 5.69 Å². The molecule has 10 nitrogen and oxygen atoms in total.